The van der Waals surface area contributed by atoms with Gasteiger partial charge in [0.25, 0.3) is 0 Å². The van der Waals surface area contributed by atoms with E-state index in [2.05, 4.69) is 14.9 Å². The van der Waals surface area contributed by atoms with E-state index in [1.54, 1.807) is 13.2 Å². The Kier molecular flexibility index (Phi) is 1.58. The molecule has 1 rings (SSSR count). The molecule has 4 nitrogen and oxygen atoms in total. The second-order valence-corrected chi connectivity index (χ2v) is 1.67. The van der Waals surface area contributed by atoms with E-state index in [9.17, 15) is 4.79 Å². The van der Waals surface area contributed by atoms with Crippen LogP contribution in [0.25, 0.3) is 0 Å². The Labute approximate surface area is 51.8 Å². The molecule has 1 radical (unpaired) electrons. The van der Waals surface area contributed by atoms with Crippen LogP contribution in [0.15, 0.2) is 10.8 Å². The Bertz CT molecular complexity index is 183. The average Bonchev–Trinajstić information content (AvgIpc) is 2.37. The minimum absolute atomic E-state index is 0.337. The van der Waals surface area contributed by atoms with Crippen molar-refractivity contribution in [3.8, 4) is 0 Å². The van der Waals surface area contributed by atoms with Crippen LogP contribution in [0.5, 0.6) is 0 Å². The summed E-state index contributed by atoms with van der Waals surface area (Å²) < 4.78 is 4.40. The Hall–Kier alpha value is -1.19. The SMILES string of the molecule is CC([C]=O)c1conn1. The molecule has 0 aromatic carbocycles. The molecule has 1 heterocycles. The van der Waals surface area contributed by atoms with Crippen molar-refractivity contribution in [2.45, 2.75) is 12.8 Å². The Morgan fingerprint density at radius 3 is 3.11 bits per heavy atom. The average molecular weight is 125 g/mol. The minimum atomic E-state index is -0.337. The van der Waals surface area contributed by atoms with E-state index in [1.165, 1.54) is 6.26 Å². The second kappa shape index (κ2) is 2.39. The van der Waals surface area contributed by atoms with Crippen LogP contribution < -0.4 is 0 Å². The first kappa shape index (κ1) is 5.94. The van der Waals surface area contributed by atoms with Crippen LogP contribution in [0.4, 0.5) is 0 Å². The fourth-order valence-corrected chi connectivity index (χ4v) is 0.421. The van der Waals surface area contributed by atoms with Gasteiger partial charge in [-0.15, -0.1) is 5.10 Å². The summed E-state index contributed by atoms with van der Waals surface area (Å²) in [5, 5.41) is 6.70. The molecule has 47 valence electrons. The van der Waals surface area contributed by atoms with Crippen molar-refractivity contribution in [3.05, 3.63) is 12.0 Å². The summed E-state index contributed by atoms with van der Waals surface area (Å²) >= 11 is 0. The molecule has 4 heteroatoms. The lowest BCUT2D eigenvalue weighted by Crippen LogP contribution is -1.93. The number of carbonyl (C=O) groups excluding carboxylic acids is 1. The van der Waals surface area contributed by atoms with Gasteiger partial charge in [-0.2, -0.15) is 0 Å². The number of aromatic nitrogens is 2. The van der Waals surface area contributed by atoms with E-state index in [-0.39, 0.29) is 5.92 Å². The van der Waals surface area contributed by atoms with Gasteiger partial charge in [-0.05, 0) is 6.92 Å². The lowest BCUT2D eigenvalue weighted by Gasteiger charge is -1.88. The van der Waals surface area contributed by atoms with Crippen LogP contribution in [0.3, 0.4) is 0 Å². The van der Waals surface area contributed by atoms with Crippen molar-refractivity contribution in [2.75, 3.05) is 0 Å². The zero-order valence-electron chi connectivity index (χ0n) is 4.87. The minimum Gasteiger partial charge on any atom is -0.345 e. The molecular weight excluding hydrogens is 120 g/mol. The van der Waals surface area contributed by atoms with Crippen LogP contribution in [0, 0.1) is 0 Å². The van der Waals surface area contributed by atoms with Gasteiger partial charge >= 0.3 is 0 Å². The number of rotatable bonds is 2. The largest absolute Gasteiger partial charge is 0.345 e. The summed E-state index contributed by atoms with van der Waals surface area (Å²) in [5.41, 5.74) is 0.519. The fourth-order valence-electron chi connectivity index (χ4n) is 0.421. The third-order valence-corrected chi connectivity index (χ3v) is 0.997. The highest BCUT2D eigenvalue weighted by Gasteiger charge is 2.07. The van der Waals surface area contributed by atoms with Crippen molar-refractivity contribution in [1.29, 1.82) is 0 Å². The predicted molar refractivity (Wildman–Crippen MR) is 28.4 cm³/mol. The van der Waals surface area contributed by atoms with Crippen molar-refractivity contribution < 1.29 is 9.32 Å². The maximum Gasteiger partial charge on any atom is 0.208 e. The molecule has 1 unspecified atom stereocenters. The molecule has 0 aliphatic rings. The van der Waals surface area contributed by atoms with Gasteiger partial charge in [0.2, 0.25) is 6.29 Å². The van der Waals surface area contributed by atoms with Crippen LogP contribution in [-0.4, -0.2) is 16.7 Å². The van der Waals surface area contributed by atoms with Crippen LogP contribution in [-0.2, 0) is 4.79 Å². The van der Waals surface area contributed by atoms with E-state index in [0.717, 1.165) is 0 Å². The normalized spacial score (nSPS) is 13.0. The topological polar surface area (TPSA) is 56.0 Å². The van der Waals surface area contributed by atoms with Crippen LogP contribution in [0.1, 0.15) is 18.5 Å². The highest BCUT2D eigenvalue weighted by Crippen LogP contribution is 2.06. The molecule has 0 aliphatic carbocycles. The molecule has 0 fully saturated rings. The summed E-state index contributed by atoms with van der Waals surface area (Å²) in [5.74, 6) is -0.337. The van der Waals surface area contributed by atoms with Crippen molar-refractivity contribution in [3.63, 3.8) is 0 Å². The standard InChI is InChI=1S/C5H5N2O2/c1-4(2-8)5-3-9-7-6-5/h3-4H,1H3. The summed E-state index contributed by atoms with van der Waals surface area (Å²) in [6, 6.07) is 0. The third-order valence-electron chi connectivity index (χ3n) is 0.997. The van der Waals surface area contributed by atoms with Crippen molar-refractivity contribution >= 4 is 6.29 Å². The van der Waals surface area contributed by atoms with Crippen LogP contribution >= 0.6 is 0 Å². The quantitative estimate of drug-likeness (QED) is 0.569. The van der Waals surface area contributed by atoms with Gasteiger partial charge in [0.1, 0.15) is 12.0 Å². The van der Waals surface area contributed by atoms with Crippen molar-refractivity contribution in [2.24, 2.45) is 0 Å². The van der Waals surface area contributed by atoms with Gasteiger partial charge in [0.15, 0.2) is 0 Å². The molecule has 1 atom stereocenters. The second-order valence-electron chi connectivity index (χ2n) is 1.67. The van der Waals surface area contributed by atoms with Crippen LogP contribution in [0.2, 0.25) is 0 Å². The molecule has 9 heavy (non-hydrogen) atoms. The third kappa shape index (κ3) is 1.13. The Morgan fingerprint density at radius 1 is 1.89 bits per heavy atom. The van der Waals surface area contributed by atoms with Gasteiger partial charge < -0.3 is 4.52 Å². The zero-order valence-corrected chi connectivity index (χ0v) is 4.87. The van der Waals surface area contributed by atoms with E-state index in [0.29, 0.717) is 5.69 Å². The van der Waals surface area contributed by atoms with Crippen molar-refractivity contribution in [1.82, 2.24) is 10.4 Å². The monoisotopic (exact) mass is 125 g/mol. The molecule has 0 N–H and O–H groups in total. The van der Waals surface area contributed by atoms with E-state index in [4.69, 9.17) is 0 Å². The smallest absolute Gasteiger partial charge is 0.208 e. The maximum absolute atomic E-state index is 9.97. The van der Waals surface area contributed by atoms with E-state index >= 15 is 0 Å². The molecule has 1 aromatic rings. The first-order chi connectivity index (χ1) is 4.34. The van der Waals surface area contributed by atoms with Gasteiger partial charge in [-0.25, -0.2) is 0 Å². The van der Waals surface area contributed by atoms with Gasteiger partial charge in [-0.3, -0.25) is 4.79 Å². The summed E-state index contributed by atoms with van der Waals surface area (Å²) in [7, 11) is 0. The predicted octanol–water partition coefficient (Wildman–Crippen LogP) is 0.283. The molecule has 0 amide bonds. The molecule has 0 spiro atoms. The number of nitrogens with zero attached hydrogens (tertiary/aromatic N) is 2. The number of hydrogen-bond acceptors (Lipinski definition) is 4. The zero-order chi connectivity index (χ0) is 6.69. The van der Waals surface area contributed by atoms with E-state index in [1.807, 2.05) is 0 Å². The highest BCUT2D eigenvalue weighted by atomic mass is 16.5. The van der Waals surface area contributed by atoms with Gasteiger partial charge in [0, 0.05) is 5.27 Å². The van der Waals surface area contributed by atoms with Gasteiger partial charge in [-0.1, -0.05) is 0 Å². The maximum atomic E-state index is 9.97. The highest BCUT2D eigenvalue weighted by molar-refractivity contribution is 5.60. The summed E-state index contributed by atoms with van der Waals surface area (Å²) in [6.07, 6.45) is 3.08. The Balaban J connectivity index is 2.76. The lowest BCUT2D eigenvalue weighted by atomic mass is 10.1. The molecule has 0 saturated heterocycles. The Morgan fingerprint density at radius 2 is 2.67 bits per heavy atom. The molecule has 0 saturated carbocycles. The van der Waals surface area contributed by atoms with E-state index < -0.39 is 0 Å². The molecule has 0 bridgehead atoms. The summed E-state index contributed by atoms with van der Waals surface area (Å²) in [6.45, 7) is 1.67. The number of hydrogen-bond donors (Lipinski definition) is 0. The first-order valence-corrected chi connectivity index (χ1v) is 2.49. The molecule has 1 aromatic heterocycles. The molecule has 0 aliphatic heterocycles. The summed E-state index contributed by atoms with van der Waals surface area (Å²) in [4.78, 5) is 9.97. The first-order valence-electron chi connectivity index (χ1n) is 2.49. The fraction of sp³-hybridized carbons (Fsp3) is 0.400. The lowest BCUT2D eigenvalue weighted by molar-refractivity contribution is 0.392. The van der Waals surface area contributed by atoms with Gasteiger partial charge in [0.05, 0.1) is 5.92 Å². The molecular formula is C5H5N2O2.